The molecular formula is C27H50O4. The van der Waals surface area contributed by atoms with Crippen molar-refractivity contribution in [2.45, 2.75) is 136 Å². The summed E-state index contributed by atoms with van der Waals surface area (Å²) >= 11 is 0. The number of hydrogen-bond donors (Lipinski definition) is 1. The fourth-order valence-corrected chi connectivity index (χ4v) is 3.78. The van der Waals surface area contributed by atoms with Crippen molar-refractivity contribution in [2.24, 2.45) is 5.92 Å². The van der Waals surface area contributed by atoms with Gasteiger partial charge in [-0.3, -0.25) is 9.59 Å². The molecule has 0 saturated heterocycles. The van der Waals surface area contributed by atoms with Crippen molar-refractivity contribution >= 4 is 11.9 Å². The molecule has 0 amide bonds. The van der Waals surface area contributed by atoms with Gasteiger partial charge in [0, 0.05) is 0 Å². The third-order valence-corrected chi connectivity index (χ3v) is 5.79. The molecule has 0 aromatic rings. The van der Waals surface area contributed by atoms with Crippen LogP contribution in [0.1, 0.15) is 136 Å². The Bertz CT molecular complexity index is 445. The zero-order valence-corrected chi connectivity index (χ0v) is 20.5. The first-order valence-electron chi connectivity index (χ1n) is 13.1. The Morgan fingerprint density at radius 3 is 1.68 bits per heavy atom. The van der Waals surface area contributed by atoms with Gasteiger partial charge in [-0.05, 0) is 38.5 Å². The van der Waals surface area contributed by atoms with Gasteiger partial charge in [0.05, 0.1) is 18.9 Å². The first kappa shape index (κ1) is 29.7. The number of hydrogen-bond acceptors (Lipinski definition) is 3. The molecule has 1 atom stereocenters. The maximum Gasteiger partial charge on any atom is 0.307 e. The molecule has 0 fully saturated rings. The van der Waals surface area contributed by atoms with Crippen molar-refractivity contribution in [1.82, 2.24) is 0 Å². The number of esters is 1. The minimum atomic E-state index is -0.880. The monoisotopic (exact) mass is 438 g/mol. The molecule has 4 heteroatoms. The minimum absolute atomic E-state index is 0.00272. The number of allylic oxidation sites excluding steroid dienone is 2. The van der Waals surface area contributed by atoms with Crippen LogP contribution in [0.5, 0.6) is 0 Å². The number of aliphatic carboxylic acids is 1. The van der Waals surface area contributed by atoms with Crippen LogP contribution in [-0.2, 0) is 14.3 Å². The lowest BCUT2D eigenvalue weighted by Gasteiger charge is -2.11. The zero-order valence-electron chi connectivity index (χ0n) is 20.5. The second-order valence-corrected chi connectivity index (χ2v) is 8.89. The van der Waals surface area contributed by atoms with Crippen LogP contribution in [0.15, 0.2) is 12.2 Å². The summed E-state index contributed by atoms with van der Waals surface area (Å²) in [6.07, 6.45) is 26.2. The predicted octanol–water partition coefficient (Wildman–Crippen LogP) is 8.24. The number of unbranched alkanes of at least 4 members (excludes halogenated alkanes) is 14. The van der Waals surface area contributed by atoms with Gasteiger partial charge in [0.1, 0.15) is 0 Å². The summed E-state index contributed by atoms with van der Waals surface area (Å²) in [5.74, 6) is -1.86. The Kier molecular flexibility index (Phi) is 22.4. The highest BCUT2D eigenvalue weighted by molar-refractivity contribution is 5.78. The topological polar surface area (TPSA) is 63.6 Å². The Labute approximate surface area is 192 Å². The number of carboxylic acids is 1. The van der Waals surface area contributed by atoms with E-state index in [4.69, 9.17) is 4.74 Å². The summed E-state index contributed by atoms with van der Waals surface area (Å²) in [6, 6.07) is 0. The molecule has 0 aromatic heterocycles. The van der Waals surface area contributed by atoms with Crippen molar-refractivity contribution < 1.29 is 19.4 Å². The Balaban J connectivity index is 3.45. The number of carboxylic acid groups (broad SMARTS) is 1. The van der Waals surface area contributed by atoms with Crippen LogP contribution in [0, 0.1) is 5.92 Å². The maximum absolute atomic E-state index is 11.6. The highest BCUT2D eigenvalue weighted by Crippen LogP contribution is 2.17. The molecule has 0 aromatic carbocycles. The number of carbonyl (C=O) groups is 2. The van der Waals surface area contributed by atoms with Crippen molar-refractivity contribution in [3.8, 4) is 0 Å². The lowest BCUT2D eigenvalue weighted by atomic mass is 9.97. The molecule has 1 unspecified atom stereocenters. The Morgan fingerprint density at radius 2 is 1.19 bits per heavy atom. The summed E-state index contributed by atoms with van der Waals surface area (Å²) < 4.78 is 5.01. The summed E-state index contributed by atoms with van der Waals surface area (Å²) in [7, 11) is 0. The van der Waals surface area contributed by atoms with Gasteiger partial charge < -0.3 is 9.84 Å². The third-order valence-electron chi connectivity index (χ3n) is 5.79. The highest BCUT2D eigenvalue weighted by Gasteiger charge is 2.21. The highest BCUT2D eigenvalue weighted by atomic mass is 16.5. The molecule has 0 bridgehead atoms. The van der Waals surface area contributed by atoms with E-state index in [1.165, 1.54) is 83.5 Å². The van der Waals surface area contributed by atoms with Crippen molar-refractivity contribution in [3.05, 3.63) is 12.2 Å². The van der Waals surface area contributed by atoms with E-state index in [9.17, 15) is 14.7 Å². The van der Waals surface area contributed by atoms with E-state index in [2.05, 4.69) is 19.1 Å². The van der Waals surface area contributed by atoms with E-state index >= 15 is 0 Å². The molecule has 0 aliphatic carbocycles. The maximum atomic E-state index is 11.6. The average Bonchev–Trinajstić information content (AvgIpc) is 2.75. The van der Waals surface area contributed by atoms with Crippen molar-refractivity contribution in [3.63, 3.8) is 0 Å². The fourth-order valence-electron chi connectivity index (χ4n) is 3.78. The van der Waals surface area contributed by atoms with Gasteiger partial charge in [-0.25, -0.2) is 0 Å². The van der Waals surface area contributed by atoms with E-state index in [-0.39, 0.29) is 12.4 Å². The van der Waals surface area contributed by atoms with Crippen molar-refractivity contribution in [1.29, 1.82) is 0 Å². The molecule has 31 heavy (non-hydrogen) atoms. The molecule has 0 radical (unpaired) electrons. The van der Waals surface area contributed by atoms with Gasteiger partial charge in [0.2, 0.25) is 0 Å². The molecule has 1 N–H and O–H groups in total. The smallest absolute Gasteiger partial charge is 0.307 e. The van der Waals surface area contributed by atoms with E-state index < -0.39 is 11.9 Å². The molecule has 182 valence electrons. The second-order valence-electron chi connectivity index (χ2n) is 8.89. The van der Waals surface area contributed by atoms with E-state index in [1.807, 2.05) is 6.92 Å². The van der Waals surface area contributed by atoms with Crippen LogP contribution in [0.25, 0.3) is 0 Å². The molecule has 0 aliphatic rings. The van der Waals surface area contributed by atoms with Gasteiger partial charge in [-0.15, -0.1) is 0 Å². The quantitative estimate of drug-likeness (QED) is 0.0991. The van der Waals surface area contributed by atoms with Gasteiger partial charge in [0.15, 0.2) is 0 Å². The number of ether oxygens (including phenoxy) is 1. The normalized spacial score (nSPS) is 12.3. The first-order valence-corrected chi connectivity index (χ1v) is 13.1. The van der Waals surface area contributed by atoms with Crippen LogP contribution in [0.2, 0.25) is 0 Å². The SMILES string of the molecule is CCCCCCCC/C=C/CCCCCCCCCCC(CC(=O)OCCC)C(=O)O. The second kappa shape index (κ2) is 23.3. The summed E-state index contributed by atoms with van der Waals surface area (Å²) in [5, 5.41) is 9.28. The minimum Gasteiger partial charge on any atom is -0.481 e. The Morgan fingerprint density at radius 1 is 0.710 bits per heavy atom. The van der Waals surface area contributed by atoms with Gasteiger partial charge in [0.25, 0.3) is 0 Å². The molecule has 0 aliphatic heterocycles. The zero-order chi connectivity index (χ0) is 23.0. The van der Waals surface area contributed by atoms with Crippen LogP contribution in [-0.4, -0.2) is 23.7 Å². The number of carbonyl (C=O) groups excluding carboxylic acids is 1. The summed E-state index contributed by atoms with van der Waals surface area (Å²) in [6.45, 7) is 4.57. The van der Waals surface area contributed by atoms with Crippen LogP contribution in [0.3, 0.4) is 0 Å². The molecule has 0 heterocycles. The fraction of sp³-hybridized carbons (Fsp3) is 0.852. The summed E-state index contributed by atoms with van der Waals surface area (Å²) in [4.78, 5) is 22.9. The van der Waals surface area contributed by atoms with Crippen LogP contribution < -0.4 is 0 Å². The molecule has 0 saturated carbocycles. The predicted molar refractivity (Wildman–Crippen MR) is 130 cm³/mol. The summed E-state index contributed by atoms with van der Waals surface area (Å²) in [5.41, 5.74) is 0. The first-order chi connectivity index (χ1) is 15.1. The third kappa shape index (κ3) is 21.7. The van der Waals surface area contributed by atoms with Gasteiger partial charge >= 0.3 is 11.9 Å². The lowest BCUT2D eigenvalue weighted by molar-refractivity contribution is -0.151. The average molecular weight is 439 g/mol. The van der Waals surface area contributed by atoms with Gasteiger partial charge in [-0.2, -0.15) is 0 Å². The Hall–Kier alpha value is -1.32. The molecular weight excluding hydrogens is 388 g/mol. The number of rotatable bonds is 23. The molecule has 0 spiro atoms. The van der Waals surface area contributed by atoms with Crippen LogP contribution in [0.4, 0.5) is 0 Å². The van der Waals surface area contributed by atoms with Crippen molar-refractivity contribution in [2.75, 3.05) is 6.61 Å². The molecule has 4 nitrogen and oxygen atoms in total. The lowest BCUT2D eigenvalue weighted by Crippen LogP contribution is -2.19. The standard InChI is InChI=1S/C27H50O4/c1-3-5-6-7-8-9-10-11-12-13-14-15-16-17-18-19-20-21-22-25(27(29)30)24-26(28)31-23-4-2/h11-12,25H,3-10,13-24H2,1-2H3,(H,29,30)/b12-11+. The van der Waals surface area contributed by atoms with E-state index in [1.54, 1.807) is 0 Å². The largest absolute Gasteiger partial charge is 0.481 e. The van der Waals surface area contributed by atoms with E-state index in [0.717, 1.165) is 25.7 Å². The molecule has 0 rings (SSSR count). The van der Waals surface area contributed by atoms with Gasteiger partial charge in [-0.1, -0.05) is 103 Å². The van der Waals surface area contributed by atoms with Crippen LogP contribution >= 0.6 is 0 Å². The van der Waals surface area contributed by atoms with E-state index in [0.29, 0.717) is 13.0 Å².